The van der Waals surface area contributed by atoms with Crippen LogP contribution in [0.1, 0.15) is 10.4 Å². The van der Waals surface area contributed by atoms with Crippen molar-refractivity contribution < 1.29 is 14.7 Å². The maximum absolute atomic E-state index is 11.5. The molecule has 0 unspecified atom stereocenters. The van der Waals surface area contributed by atoms with Gasteiger partial charge in [0.15, 0.2) is 0 Å². The number of hydrogen-bond donors (Lipinski definition) is 2. The van der Waals surface area contributed by atoms with E-state index in [1.165, 1.54) is 17.0 Å². The van der Waals surface area contributed by atoms with Crippen LogP contribution in [0.4, 0.5) is 5.69 Å². The third-order valence-corrected chi connectivity index (χ3v) is 2.20. The van der Waals surface area contributed by atoms with E-state index in [1.54, 1.807) is 26.2 Å². The Kier molecular flexibility index (Phi) is 4.02. The van der Waals surface area contributed by atoms with Gasteiger partial charge in [-0.3, -0.25) is 4.79 Å². The van der Waals surface area contributed by atoms with Gasteiger partial charge in [0, 0.05) is 12.7 Å². The first-order valence-electron chi connectivity index (χ1n) is 4.80. The fraction of sp³-hybridized carbons (Fsp3) is 0.273. The molecule has 1 rings (SSSR count). The highest BCUT2D eigenvalue weighted by molar-refractivity contribution is 5.95. The predicted octanol–water partition coefficient (Wildman–Crippen LogP) is 0.567. The summed E-state index contributed by atoms with van der Waals surface area (Å²) in [4.78, 5) is 23.6. The van der Waals surface area contributed by atoms with Crippen molar-refractivity contribution in [1.29, 1.82) is 0 Å². The van der Waals surface area contributed by atoms with Crippen molar-refractivity contribution in [1.82, 2.24) is 5.32 Å². The lowest BCUT2D eigenvalue weighted by molar-refractivity contribution is -0.117. The summed E-state index contributed by atoms with van der Waals surface area (Å²) >= 11 is 0. The van der Waals surface area contributed by atoms with Gasteiger partial charge in [-0.2, -0.15) is 0 Å². The Morgan fingerprint density at radius 2 is 1.88 bits per heavy atom. The van der Waals surface area contributed by atoms with Gasteiger partial charge in [-0.05, 0) is 31.3 Å². The standard InChI is InChI=1S/C11H14N2O3/c1-12-7-10(14)13(2)9-5-3-8(4-6-9)11(15)16/h3-6,12H,7H2,1-2H3,(H,15,16). The molecule has 86 valence electrons. The van der Waals surface area contributed by atoms with Crippen LogP contribution in [0.2, 0.25) is 0 Å². The quantitative estimate of drug-likeness (QED) is 0.781. The van der Waals surface area contributed by atoms with E-state index in [-0.39, 0.29) is 18.0 Å². The molecule has 0 aliphatic heterocycles. The fourth-order valence-electron chi connectivity index (χ4n) is 1.24. The van der Waals surface area contributed by atoms with Gasteiger partial charge in [-0.25, -0.2) is 4.79 Å². The van der Waals surface area contributed by atoms with Crippen molar-refractivity contribution in [2.24, 2.45) is 0 Å². The SMILES string of the molecule is CNCC(=O)N(C)c1ccc(C(=O)O)cc1. The minimum Gasteiger partial charge on any atom is -0.478 e. The van der Waals surface area contributed by atoms with E-state index in [4.69, 9.17) is 5.11 Å². The molecule has 0 atom stereocenters. The van der Waals surface area contributed by atoms with Crippen molar-refractivity contribution in [3.63, 3.8) is 0 Å². The van der Waals surface area contributed by atoms with Crippen molar-refractivity contribution in [2.75, 3.05) is 25.5 Å². The van der Waals surface area contributed by atoms with E-state index in [0.717, 1.165) is 0 Å². The molecule has 0 aliphatic carbocycles. The van der Waals surface area contributed by atoms with E-state index in [1.807, 2.05) is 0 Å². The van der Waals surface area contributed by atoms with Gasteiger partial charge in [0.1, 0.15) is 0 Å². The number of likely N-dealkylation sites (N-methyl/N-ethyl adjacent to an activating group) is 2. The van der Waals surface area contributed by atoms with Gasteiger partial charge < -0.3 is 15.3 Å². The lowest BCUT2D eigenvalue weighted by Gasteiger charge is -2.17. The summed E-state index contributed by atoms with van der Waals surface area (Å²) in [6.07, 6.45) is 0. The molecule has 0 radical (unpaired) electrons. The van der Waals surface area contributed by atoms with E-state index >= 15 is 0 Å². The summed E-state index contributed by atoms with van der Waals surface area (Å²) in [7, 11) is 3.34. The Morgan fingerprint density at radius 1 is 1.31 bits per heavy atom. The molecule has 1 aromatic rings. The van der Waals surface area contributed by atoms with Crippen molar-refractivity contribution in [3.05, 3.63) is 29.8 Å². The average Bonchev–Trinajstić information content (AvgIpc) is 2.28. The Balaban J connectivity index is 2.81. The van der Waals surface area contributed by atoms with Crippen LogP contribution in [0.3, 0.4) is 0 Å². The summed E-state index contributed by atoms with van der Waals surface area (Å²) in [6, 6.07) is 6.16. The second kappa shape index (κ2) is 5.27. The highest BCUT2D eigenvalue weighted by Crippen LogP contribution is 2.13. The average molecular weight is 222 g/mol. The number of hydrogen-bond acceptors (Lipinski definition) is 3. The van der Waals surface area contributed by atoms with E-state index < -0.39 is 5.97 Å². The number of carboxylic acids is 1. The Hall–Kier alpha value is -1.88. The lowest BCUT2D eigenvalue weighted by atomic mass is 10.2. The van der Waals surface area contributed by atoms with Crippen LogP contribution in [0.5, 0.6) is 0 Å². The highest BCUT2D eigenvalue weighted by Gasteiger charge is 2.10. The first-order valence-corrected chi connectivity index (χ1v) is 4.80. The molecule has 0 bridgehead atoms. The molecule has 0 fully saturated rings. The second-order valence-corrected chi connectivity index (χ2v) is 3.34. The number of nitrogens with zero attached hydrogens (tertiary/aromatic N) is 1. The summed E-state index contributed by atoms with van der Waals surface area (Å²) in [5.74, 6) is -1.05. The van der Waals surface area contributed by atoms with Crippen LogP contribution >= 0.6 is 0 Å². The van der Waals surface area contributed by atoms with Crippen LogP contribution < -0.4 is 10.2 Å². The summed E-state index contributed by atoms with van der Waals surface area (Å²) in [6.45, 7) is 0.247. The molecule has 0 aromatic heterocycles. The number of aromatic carboxylic acids is 1. The Bertz CT molecular complexity index is 387. The van der Waals surface area contributed by atoms with Gasteiger partial charge in [0.25, 0.3) is 0 Å². The zero-order valence-corrected chi connectivity index (χ0v) is 9.23. The van der Waals surface area contributed by atoms with E-state index in [0.29, 0.717) is 5.69 Å². The molecule has 5 nitrogen and oxygen atoms in total. The summed E-state index contributed by atoms with van der Waals surface area (Å²) in [5.41, 5.74) is 0.878. The maximum Gasteiger partial charge on any atom is 0.335 e. The molecular weight excluding hydrogens is 208 g/mol. The van der Waals surface area contributed by atoms with Crippen molar-refractivity contribution >= 4 is 17.6 Å². The molecule has 0 saturated carbocycles. The summed E-state index contributed by atoms with van der Waals surface area (Å²) < 4.78 is 0. The number of amides is 1. The Morgan fingerprint density at radius 3 is 2.31 bits per heavy atom. The molecule has 0 spiro atoms. The van der Waals surface area contributed by atoms with Crippen LogP contribution in [0, 0.1) is 0 Å². The maximum atomic E-state index is 11.5. The molecule has 0 heterocycles. The fourth-order valence-corrected chi connectivity index (χ4v) is 1.24. The zero-order valence-electron chi connectivity index (χ0n) is 9.23. The number of rotatable bonds is 4. The number of carbonyl (C=O) groups excluding carboxylic acids is 1. The number of carboxylic acid groups (broad SMARTS) is 1. The minimum absolute atomic E-state index is 0.0782. The number of carbonyl (C=O) groups is 2. The first kappa shape index (κ1) is 12.2. The van der Waals surface area contributed by atoms with Crippen LogP contribution in [-0.4, -0.2) is 37.6 Å². The molecule has 1 aromatic carbocycles. The van der Waals surface area contributed by atoms with Gasteiger partial charge >= 0.3 is 5.97 Å². The molecule has 0 saturated heterocycles. The molecule has 5 heteroatoms. The van der Waals surface area contributed by atoms with Crippen LogP contribution in [-0.2, 0) is 4.79 Å². The minimum atomic E-state index is -0.976. The lowest BCUT2D eigenvalue weighted by Crippen LogP contribution is -2.34. The zero-order chi connectivity index (χ0) is 12.1. The second-order valence-electron chi connectivity index (χ2n) is 3.34. The largest absolute Gasteiger partial charge is 0.478 e. The van der Waals surface area contributed by atoms with Crippen molar-refractivity contribution in [2.45, 2.75) is 0 Å². The first-order chi connectivity index (χ1) is 7.56. The number of anilines is 1. The highest BCUT2D eigenvalue weighted by atomic mass is 16.4. The smallest absolute Gasteiger partial charge is 0.335 e. The normalized spacial score (nSPS) is 9.88. The number of benzene rings is 1. The molecule has 2 N–H and O–H groups in total. The van der Waals surface area contributed by atoms with Crippen molar-refractivity contribution in [3.8, 4) is 0 Å². The third-order valence-electron chi connectivity index (χ3n) is 2.20. The van der Waals surface area contributed by atoms with Crippen LogP contribution in [0.15, 0.2) is 24.3 Å². The summed E-state index contributed by atoms with van der Waals surface area (Å²) in [5, 5.41) is 11.5. The molecular formula is C11H14N2O3. The van der Waals surface area contributed by atoms with Gasteiger partial charge in [-0.1, -0.05) is 0 Å². The van der Waals surface area contributed by atoms with Gasteiger partial charge in [0.2, 0.25) is 5.91 Å². The van der Waals surface area contributed by atoms with Crippen LogP contribution in [0.25, 0.3) is 0 Å². The predicted molar refractivity (Wildman–Crippen MR) is 60.7 cm³/mol. The van der Waals surface area contributed by atoms with E-state index in [9.17, 15) is 9.59 Å². The molecule has 16 heavy (non-hydrogen) atoms. The van der Waals surface area contributed by atoms with Gasteiger partial charge in [0.05, 0.1) is 12.1 Å². The number of nitrogens with one attached hydrogen (secondary N) is 1. The molecule has 1 amide bonds. The molecule has 0 aliphatic rings. The Labute approximate surface area is 93.7 Å². The third kappa shape index (κ3) is 2.80. The van der Waals surface area contributed by atoms with Gasteiger partial charge in [-0.15, -0.1) is 0 Å². The monoisotopic (exact) mass is 222 g/mol. The topological polar surface area (TPSA) is 69.6 Å². The van der Waals surface area contributed by atoms with E-state index in [2.05, 4.69) is 5.32 Å².